The van der Waals surface area contributed by atoms with Crippen LogP contribution in [0.3, 0.4) is 0 Å². The lowest BCUT2D eigenvalue weighted by molar-refractivity contribution is -0.385. The quantitative estimate of drug-likeness (QED) is 0.520. The standard InChI is InChI=1S/C13H11N3O3/c1-9-5-6-14-12(7-9)15-8-10-3-2-4-11(13(10)17)16(18)19/h2-8,17H,1H3. The number of hydrogen-bond donors (Lipinski definition) is 1. The van der Waals surface area contributed by atoms with E-state index in [4.69, 9.17) is 0 Å². The molecule has 2 aromatic rings. The third-order valence-electron chi connectivity index (χ3n) is 2.48. The number of para-hydroxylation sites is 1. The van der Waals surface area contributed by atoms with Gasteiger partial charge in [-0.15, -0.1) is 0 Å². The minimum Gasteiger partial charge on any atom is -0.502 e. The molecule has 0 saturated carbocycles. The van der Waals surface area contributed by atoms with Gasteiger partial charge in [-0.05, 0) is 30.7 Å². The van der Waals surface area contributed by atoms with E-state index in [2.05, 4.69) is 9.98 Å². The van der Waals surface area contributed by atoms with E-state index in [0.717, 1.165) is 5.56 Å². The summed E-state index contributed by atoms with van der Waals surface area (Å²) in [6.45, 7) is 1.91. The van der Waals surface area contributed by atoms with Gasteiger partial charge in [0.05, 0.1) is 4.92 Å². The molecule has 2 rings (SSSR count). The summed E-state index contributed by atoms with van der Waals surface area (Å²) < 4.78 is 0. The molecule has 0 amide bonds. The van der Waals surface area contributed by atoms with Crippen LogP contribution in [0.5, 0.6) is 5.75 Å². The van der Waals surface area contributed by atoms with Crippen molar-refractivity contribution in [1.82, 2.24) is 4.98 Å². The topological polar surface area (TPSA) is 88.6 Å². The number of rotatable bonds is 3. The highest BCUT2D eigenvalue weighted by Gasteiger charge is 2.14. The summed E-state index contributed by atoms with van der Waals surface area (Å²) in [5.74, 6) is 0.0785. The number of phenols is 1. The lowest BCUT2D eigenvalue weighted by Gasteiger charge is -1.99. The number of benzene rings is 1. The first kappa shape index (κ1) is 12.7. The van der Waals surface area contributed by atoms with Crippen molar-refractivity contribution in [3.05, 3.63) is 57.8 Å². The van der Waals surface area contributed by atoms with Gasteiger partial charge in [-0.3, -0.25) is 10.1 Å². The van der Waals surface area contributed by atoms with E-state index < -0.39 is 10.7 Å². The largest absolute Gasteiger partial charge is 0.502 e. The van der Waals surface area contributed by atoms with Crippen LogP contribution < -0.4 is 0 Å². The molecule has 0 aliphatic carbocycles. The summed E-state index contributed by atoms with van der Waals surface area (Å²) in [5, 5.41) is 20.4. The van der Waals surface area contributed by atoms with E-state index in [-0.39, 0.29) is 11.3 Å². The van der Waals surface area contributed by atoms with Crippen molar-refractivity contribution in [3.63, 3.8) is 0 Å². The van der Waals surface area contributed by atoms with E-state index in [1.165, 1.54) is 18.3 Å². The molecule has 19 heavy (non-hydrogen) atoms. The molecular weight excluding hydrogens is 246 g/mol. The molecule has 96 valence electrons. The van der Waals surface area contributed by atoms with Crippen molar-refractivity contribution in [2.45, 2.75) is 6.92 Å². The zero-order chi connectivity index (χ0) is 13.8. The number of nitro groups is 1. The van der Waals surface area contributed by atoms with Crippen LogP contribution in [0.25, 0.3) is 0 Å². The molecule has 0 bridgehead atoms. The molecule has 6 heteroatoms. The van der Waals surface area contributed by atoms with Gasteiger partial charge in [-0.25, -0.2) is 9.98 Å². The van der Waals surface area contributed by atoms with Gasteiger partial charge in [0.25, 0.3) is 0 Å². The number of hydrogen-bond acceptors (Lipinski definition) is 5. The van der Waals surface area contributed by atoms with Gasteiger partial charge < -0.3 is 5.11 Å². The van der Waals surface area contributed by atoms with Gasteiger partial charge in [0.1, 0.15) is 0 Å². The molecule has 0 atom stereocenters. The van der Waals surface area contributed by atoms with E-state index in [1.807, 2.05) is 13.0 Å². The Bertz CT molecular complexity index is 653. The minimum atomic E-state index is -0.641. The first-order valence-electron chi connectivity index (χ1n) is 5.51. The van der Waals surface area contributed by atoms with E-state index in [9.17, 15) is 15.2 Å². The molecule has 1 heterocycles. The Labute approximate surface area is 109 Å². The molecule has 0 aliphatic heterocycles. The lowest BCUT2D eigenvalue weighted by Crippen LogP contribution is -1.91. The highest BCUT2D eigenvalue weighted by Crippen LogP contribution is 2.28. The average Bonchev–Trinajstić information content (AvgIpc) is 2.37. The summed E-state index contributed by atoms with van der Waals surface area (Å²) in [5.41, 5.74) is 0.934. The maximum Gasteiger partial charge on any atom is 0.311 e. The maximum atomic E-state index is 10.7. The minimum absolute atomic E-state index is 0.275. The lowest BCUT2D eigenvalue weighted by atomic mass is 10.2. The van der Waals surface area contributed by atoms with Crippen molar-refractivity contribution in [3.8, 4) is 5.75 Å². The number of phenolic OH excluding ortho intramolecular Hbond substituents is 1. The van der Waals surface area contributed by atoms with Crippen LogP contribution in [-0.2, 0) is 0 Å². The second-order valence-electron chi connectivity index (χ2n) is 3.92. The van der Waals surface area contributed by atoms with Crippen molar-refractivity contribution in [2.75, 3.05) is 0 Å². The fraction of sp³-hybridized carbons (Fsp3) is 0.0769. The molecule has 1 N–H and O–H groups in total. The summed E-state index contributed by atoms with van der Waals surface area (Å²) >= 11 is 0. The van der Waals surface area contributed by atoms with Crippen LogP contribution in [0.4, 0.5) is 11.5 Å². The molecule has 6 nitrogen and oxygen atoms in total. The third-order valence-corrected chi connectivity index (χ3v) is 2.48. The summed E-state index contributed by atoms with van der Waals surface area (Å²) in [7, 11) is 0. The Morgan fingerprint density at radius 3 is 2.89 bits per heavy atom. The zero-order valence-electron chi connectivity index (χ0n) is 10.1. The van der Waals surface area contributed by atoms with Gasteiger partial charge in [0.2, 0.25) is 5.75 Å². The fourth-order valence-electron chi connectivity index (χ4n) is 1.53. The number of aromatic nitrogens is 1. The average molecular weight is 257 g/mol. The van der Waals surface area contributed by atoms with Gasteiger partial charge in [-0.2, -0.15) is 0 Å². The Morgan fingerprint density at radius 1 is 1.42 bits per heavy atom. The summed E-state index contributed by atoms with van der Waals surface area (Å²) in [6, 6.07) is 7.87. The van der Waals surface area contributed by atoms with Crippen LogP contribution in [0.15, 0.2) is 41.5 Å². The van der Waals surface area contributed by atoms with Gasteiger partial charge in [0.15, 0.2) is 5.82 Å². The molecule has 0 saturated heterocycles. The Hall–Kier alpha value is -2.76. The third kappa shape index (κ3) is 2.92. The summed E-state index contributed by atoms with van der Waals surface area (Å²) in [6.07, 6.45) is 2.97. The number of aromatic hydroxyl groups is 1. The highest BCUT2D eigenvalue weighted by atomic mass is 16.6. The van der Waals surface area contributed by atoms with Crippen molar-refractivity contribution in [2.24, 2.45) is 4.99 Å². The molecule has 0 spiro atoms. The normalized spacial score (nSPS) is 10.8. The van der Waals surface area contributed by atoms with Crippen molar-refractivity contribution < 1.29 is 10.0 Å². The highest BCUT2D eigenvalue weighted by molar-refractivity contribution is 5.87. The van der Waals surface area contributed by atoms with Crippen molar-refractivity contribution >= 4 is 17.7 Å². The number of nitro benzene ring substituents is 1. The fourth-order valence-corrected chi connectivity index (χ4v) is 1.53. The van der Waals surface area contributed by atoms with Gasteiger partial charge in [0, 0.05) is 24.0 Å². The van der Waals surface area contributed by atoms with E-state index in [0.29, 0.717) is 5.82 Å². The monoisotopic (exact) mass is 257 g/mol. The number of aliphatic imine (C=N–C) groups is 1. The maximum absolute atomic E-state index is 10.7. The molecule has 1 aromatic heterocycles. The number of aryl methyl sites for hydroxylation is 1. The Balaban J connectivity index is 2.34. The van der Waals surface area contributed by atoms with Crippen LogP contribution in [0.2, 0.25) is 0 Å². The first-order chi connectivity index (χ1) is 9.08. The van der Waals surface area contributed by atoms with E-state index in [1.54, 1.807) is 18.3 Å². The van der Waals surface area contributed by atoms with Gasteiger partial charge in [-0.1, -0.05) is 6.07 Å². The van der Waals surface area contributed by atoms with E-state index >= 15 is 0 Å². The van der Waals surface area contributed by atoms with Crippen LogP contribution in [0, 0.1) is 17.0 Å². The second kappa shape index (κ2) is 5.26. The number of pyridine rings is 1. The first-order valence-corrected chi connectivity index (χ1v) is 5.51. The molecule has 0 aliphatic rings. The Morgan fingerprint density at radius 2 is 2.21 bits per heavy atom. The van der Waals surface area contributed by atoms with Gasteiger partial charge >= 0.3 is 5.69 Å². The Kier molecular flexibility index (Phi) is 3.51. The molecule has 1 aromatic carbocycles. The predicted octanol–water partition coefficient (Wildman–Crippen LogP) is 2.75. The molecule has 0 radical (unpaired) electrons. The van der Waals surface area contributed by atoms with Crippen molar-refractivity contribution in [1.29, 1.82) is 0 Å². The van der Waals surface area contributed by atoms with Crippen LogP contribution in [-0.4, -0.2) is 21.2 Å². The zero-order valence-corrected chi connectivity index (χ0v) is 10.1. The predicted molar refractivity (Wildman–Crippen MR) is 71.0 cm³/mol. The molecule has 0 fully saturated rings. The van der Waals surface area contributed by atoms with Crippen LogP contribution in [0.1, 0.15) is 11.1 Å². The number of nitrogens with zero attached hydrogens (tertiary/aromatic N) is 3. The molecule has 0 unspecified atom stereocenters. The summed E-state index contributed by atoms with van der Waals surface area (Å²) in [4.78, 5) is 18.1. The molecular formula is C13H11N3O3. The SMILES string of the molecule is Cc1ccnc(N=Cc2cccc([N+](=O)[O-])c2O)c1. The van der Waals surface area contributed by atoms with Crippen LogP contribution >= 0.6 is 0 Å². The second-order valence-corrected chi connectivity index (χ2v) is 3.92. The smallest absolute Gasteiger partial charge is 0.311 e.